The van der Waals surface area contributed by atoms with Gasteiger partial charge in [0.15, 0.2) is 10.9 Å². The van der Waals surface area contributed by atoms with Crippen molar-refractivity contribution in [2.24, 2.45) is 5.92 Å². The van der Waals surface area contributed by atoms with E-state index in [4.69, 9.17) is 11.6 Å². The lowest BCUT2D eigenvalue weighted by Gasteiger charge is -2.20. The Labute approximate surface area is 117 Å². The maximum Gasteiger partial charge on any atom is 0.196 e. The highest BCUT2D eigenvalue weighted by atomic mass is 35.5. The van der Waals surface area contributed by atoms with Crippen LogP contribution in [-0.4, -0.2) is 55.3 Å². The summed E-state index contributed by atoms with van der Waals surface area (Å²) in [6.45, 7) is 3.31. The van der Waals surface area contributed by atoms with Crippen molar-refractivity contribution in [3.63, 3.8) is 0 Å². The molecule has 1 aromatic rings. The van der Waals surface area contributed by atoms with Crippen molar-refractivity contribution in [2.75, 3.05) is 44.5 Å². The van der Waals surface area contributed by atoms with Crippen molar-refractivity contribution >= 4 is 33.9 Å². The number of hydrogen-bond acceptors (Lipinski definition) is 5. The predicted molar refractivity (Wildman–Crippen MR) is 76.0 cm³/mol. The average Bonchev–Trinajstić information content (AvgIpc) is 2.97. The zero-order valence-corrected chi connectivity index (χ0v) is 12.3. The van der Waals surface area contributed by atoms with Crippen molar-refractivity contribution in [3.8, 4) is 0 Å². The number of ketones is 1. The van der Waals surface area contributed by atoms with Gasteiger partial charge in [-0.3, -0.25) is 4.79 Å². The van der Waals surface area contributed by atoms with E-state index >= 15 is 0 Å². The summed E-state index contributed by atoms with van der Waals surface area (Å²) >= 11 is 7.03. The Hall–Kier alpha value is -0.650. The number of halogens is 1. The molecule has 1 unspecified atom stereocenters. The molecule has 1 atom stereocenters. The van der Waals surface area contributed by atoms with Crippen LogP contribution in [0.3, 0.4) is 0 Å². The molecule has 1 fully saturated rings. The van der Waals surface area contributed by atoms with Gasteiger partial charge in [0.05, 0.1) is 5.88 Å². The first kappa shape index (κ1) is 13.8. The number of carbonyl (C=O) groups excluding carboxylic acids is 1. The molecule has 1 saturated heterocycles. The van der Waals surface area contributed by atoms with Crippen LogP contribution in [0.15, 0.2) is 5.38 Å². The van der Waals surface area contributed by atoms with Crippen molar-refractivity contribution in [1.82, 2.24) is 9.88 Å². The van der Waals surface area contributed by atoms with Crippen LogP contribution in [0.1, 0.15) is 16.9 Å². The molecule has 1 aliphatic rings. The van der Waals surface area contributed by atoms with Gasteiger partial charge in [0.25, 0.3) is 0 Å². The number of nitrogens with zero attached hydrogens (tertiary/aromatic N) is 3. The van der Waals surface area contributed by atoms with Crippen LogP contribution >= 0.6 is 22.9 Å². The Morgan fingerprint density at radius 3 is 3.11 bits per heavy atom. The summed E-state index contributed by atoms with van der Waals surface area (Å²) in [7, 11) is 4.19. The summed E-state index contributed by atoms with van der Waals surface area (Å²) in [6.07, 6.45) is 1.24. The Bertz CT molecular complexity index is 423. The van der Waals surface area contributed by atoms with E-state index in [0.717, 1.165) is 18.2 Å². The van der Waals surface area contributed by atoms with Gasteiger partial charge in [-0.2, -0.15) is 0 Å². The topological polar surface area (TPSA) is 36.4 Å². The molecule has 0 N–H and O–H groups in total. The Morgan fingerprint density at radius 2 is 2.50 bits per heavy atom. The fraction of sp³-hybridized carbons (Fsp3) is 0.667. The number of anilines is 1. The number of Topliss-reactive ketones (excluding diaryl/α,β-unsaturated/α-hetero) is 1. The fourth-order valence-corrected chi connectivity index (χ4v) is 3.22. The highest BCUT2D eigenvalue weighted by Gasteiger charge is 2.22. The smallest absolute Gasteiger partial charge is 0.196 e. The molecule has 1 aromatic heterocycles. The van der Waals surface area contributed by atoms with Gasteiger partial charge in [0.2, 0.25) is 0 Å². The Kier molecular flexibility index (Phi) is 4.59. The first-order chi connectivity index (χ1) is 8.60. The van der Waals surface area contributed by atoms with E-state index in [1.807, 2.05) is 7.05 Å². The largest absolute Gasteiger partial charge is 0.351 e. The molecule has 2 rings (SSSR count). The molecule has 0 aliphatic carbocycles. The summed E-state index contributed by atoms with van der Waals surface area (Å²) in [6, 6.07) is 0. The molecule has 0 aromatic carbocycles. The van der Waals surface area contributed by atoms with Gasteiger partial charge >= 0.3 is 0 Å². The third-order valence-corrected chi connectivity index (χ3v) is 4.44. The van der Waals surface area contributed by atoms with Crippen LogP contribution < -0.4 is 4.90 Å². The standard InChI is InChI=1S/C12H18ClN3OS/c1-15-4-3-9(6-15)7-16(2)12-14-10(8-18-12)11(17)5-13/h8-9H,3-7H2,1-2H3. The fourth-order valence-electron chi connectivity index (χ4n) is 2.28. The van der Waals surface area contributed by atoms with E-state index in [1.165, 1.54) is 24.3 Å². The second-order valence-electron chi connectivity index (χ2n) is 4.87. The van der Waals surface area contributed by atoms with Crippen LogP contribution in [0.2, 0.25) is 0 Å². The van der Waals surface area contributed by atoms with E-state index in [2.05, 4.69) is 21.8 Å². The summed E-state index contributed by atoms with van der Waals surface area (Å²) in [5.41, 5.74) is 0.486. The molecule has 18 heavy (non-hydrogen) atoms. The van der Waals surface area contributed by atoms with E-state index in [-0.39, 0.29) is 11.7 Å². The van der Waals surface area contributed by atoms with Gasteiger partial charge in [-0.15, -0.1) is 22.9 Å². The maximum atomic E-state index is 11.4. The zero-order valence-electron chi connectivity index (χ0n) is 10.7. The highest BCUT2D eigenvalue weighted by molar-refractivity contribution is 7.13. The van der Waals surface area contributed by atoms with Crippen molar-refractivity contribution < 1.29 is 4.79 Å². The molecule has 2 heterocycles. The molecular weight excluding hydrogens is 270 g/mol. The van der Waals surface area contributed by atoms with Gasteiger partial charge in [0, 0.05) is 25.5 Å². The zero-order chi connectivity index (χ0) is 13.1. The van der Waals surface area contributed by atoms with Gasteiger partial charge in [-0.25, -0.2) is 4.98 Å². The molecule has 6 heteroatoms. The molecule has 100 valence electrons. The normalized spacial score (nSPS) is 20.3. The molecule has 1 aliphatic heterocycles. The second-order valence-corrected chi connectivity index (χ2v) is 5.97. The molecule has 4 nitrogen and oxygen atoms in total. The SMILES string of the molecule is CN1CCC(CN(C)c2nc(C(=O)CCl)cs2)C1. The molecule has 0 radical (unpaired) electrons. The van der Waals surface area contributed by atoms with Gasteiger partial charge in [-0.05, 0) is 25.9 Å². The van der Waals surface area contributed by atoms with E-state index in [0.29, 0.717) is 11.6 Å². The first-order valence-corrected chi connectivity index (χ1v) is 7.46. The number of rotatable bonds is 5. The minimum Gasteiger partial charge on any atom is -0.351 e. The number of thiazole rings is 1. The van der Waals surface area contributed by atoms with Crippen LogP contribution in [0.5, 0.6) is 0 Å². The van der Waals surface area contributed by atoms with Gasteiger partial charge in [-0.1, -0.05) is 0 Å². The number of alkyl halides is 1. The minimum absolute atomic E-state index is 0.000305. The van der Waals surface area contributed by atoms with Crippen molar-refractivity contribution in [2.45, 2.75) is 6.42 Å². The Morgan fingerprint density at radius 1 is 1.72 bits per heavy atom. The van der Waals surface area contributed by atoms with Crippen LogP contribution in [-0.2, 0) is 0 Å². The number of aromatic nitrogens is 1. The molecule has 0 saturated carbocycles. The second kappa shape index (κ2) is 5.99. The monoisotopic (exact) mass is 287 g/mol. The molecule has 0 spiro atoms. The third-order valence-electron chi connectivity index (χ3n) is 3.25. The van der Waals surface area contributed by atoms with E-state index in [1.54, 1.807) is 5.38 Å². The summed E-state index contributed by atoms with van der Waals surface area (Å²) in [4.78, 5) is 20.3. The number of carbonyl (C=O) groups is 1. The Balaban J connectivity index is 1.94. The highest BCUT2D eigenvalue weighted by Crippen LogP contribution is 2.23. The van der Waals surface area contributed by atoms with E-state index < -0.39 is 0 Å². The summed E-state index contributed by atoms with van der Waals surface area (Å²) in [5.74, 6) is 0.588. The molecule has 0 amide bonds. The van der Waals surface area contributed by atoms with E-state index in [9.17, 15) is 4.79 Å². The lowest BCUT2D eigenvalue weighted by atomic mass is 10.1. The predicted octanol–water partition coefficient (Wildman–Crippen LogP) is 1.95. The molecular formula is C12H18ClN3OS. The van der Waals surface area contributed by atoms with Crippen LogP contribution in [0, 0.1) is 5.92 Å². The quantitative estimate of drug-likeness (QED) is 0.613. The van der Waals surface area contributed by atoms with Gasteiger partial charge < -0.3 is 9.80 Å². The third kappa shape index (κ3) is 3.22. The number of hydrogen-bond donors (Lipinski definition) is 0. The van der Waals surface area contributed by atoms with Crippen LogP contribution in [0.4, 0.5) is 5.13 Å². The summed E-state index contributed by atoms with van der Waals surface area (Å²) in [5, 5.41) is 2.69. The van der Waals surface area contributed by atoms with Crippen molar-refractivity contribution in [3.05, 3.63) is 11.1 Å². The number of likely N-dealkylation sites (tertiary alicyclic amines) is 1. The average molecular weight is 288 g/mol. The van der Waals surface area contributed by atoms with Crippen molar-refractivity contribution in [1.29, 1.82) is 0 Å². The van der Waals surface area contributed by atoms with Crippen LogP contribution in [0.25, 0.3) is 0 Å². The lowest BCUT2D eigenvalue weighted by Crippen LogP contribution is -2.27. The van der Waals surface area contributed by atoms with Gasteiger partial charge in [0.1, 0.15) is 5.69 Å². The maximum absolute atomic E-state index is 11.4. The summed E-state index contributed by atoms with van der Waals surface area (Å²) < 4.78 is 0. The molecule has 0 bridgehead atoms. The minimum atomic E-state index is -0.104. The lowest BCUT2D eigenvalue weighted by molar-refractivity contribution is 0.101. The first-order valence-electron chi connectivity index (χ1n) is 6.04.